The first kappa shape index (κ1) is 13.6. The summed E-state index contributed by atoms with van der Waals surface area (Å²) in [6.45, 7) is 5.33. The van der Waals surface area contributed by atoms with Crippen molar-refractivity contribution >= 4 is 22.9 Å². The average molecular weight is 280 g/mol. The minimum atomic E-state index is 0.244. The fourth-order valence-corrected chi connectivity index (χ4v) is 2.95. The molecule has 0 radical (unpaired) electrons. The lowest BCUT2D eigenvalue weighted by molar-refractivity contribution is 0.600. The van der Waals surface area contributed by atoms with Crippen molar-refractivity contribution in [3.05, 3.63) is 56.7 Å². The third-order valence-electron chi connectivity index (χ3n) is 2.86. The summed E-state index contributed by atoms with van der Waals surface area (Å²) in [5.74, 6) is 0. The van der Waals surface area contributed by atoms with Crippen LogP contribution in [0, 0.1) is 6.92 Å². The van der Waals surface area contributed by atoms with Crippen molar-refractivity contribution < 1.29 is 0 Å². The standard InChI is InChI=1S/C15H18ClNS/c1-3-7-17-15(13-8-11(2)18-10-13)12-5-4-6-14(16)9-12/h4-6,8-10,15,17H,3,7H2,1-2H3. The molecule has 1 unspecified atom stereocenters. The Bertz CT molecular complexity index is 507. The Morgan fingerprint density at radius 2 is 2.11 bits per heavy atom. The average Bonchev–Trinajstić information content (AvgIpc) is 2.76. The zero-order chi connectivity index (χ0) is 13.0. The van der Waals surface area contributed by atoms with Gasteiger partial charge in [-0.3, -0.25) is 0 Å². The molecule has 0 saturated carbocycles. The van der Waals surface area contributed by atoms with E-state index in [1.807, 2.05) is 18.2 Å². The van der Waals surface area contributed by atoms with Gasteiger partial charge in [-0.1, -0.05) is 30.7 Å². The summed E-state index contributed by atoms with van der Waals surface area (Å²) >= 11 is 7.88. The van der Waals surface area contributed by atoms with E-state index in [-0.39, 0.29) is 6.04 Å². The van der Waals surface area contributed by atoms with Gasteiger partial charge in [0.05, 0.1) is 6.04 Å². The van der Waals surface area contributed by atoms with Gasteiger partial charge in [0.25, 0.3) is 0 Å². The second kappa shape index (κ2) is 6.37. The van der Waals surface area contributed by atoms with Crippen LogP contribution in [0.5, 0.6) is 0 Å². The van der Waals surface area contributed by atoms with E-state index in [2.05, 4.69) is 36.7 Å². The molecule has 0 aliphatic rings. The second-order valence-corrected chi connectivity index (χ2v) is 5.98. The van der Waals surface area contributed by atoms with E-state index in [1.54, 1.807) is 11.3 Å². The van der Waals surface area contributed by atoms with Gasteiger partial charge in [0, 0.05) is 9.90 Å². The lowest BCUT2D eigenvalue weighted by Gasteiger charge is -2.18. The number of hydrogen-bond donors (Lipinski definition) is 1. The number of hydrogen-bond acceptors (Lipinski definition) is 2. The molecule has 1 nitrogen and oxygen atoms in total. The van der Waals surface area contributed by atoms with E-state index in [0.717, 1.165) is 18.0 Å². The molecule has 0 aliphatic carbocycles. The van der Waals surface area contributed by atoms with E-state index in [9.17, 15) is 0 Å². The van der Waals surface area contributed by atoms with Crippen molar-refractivity contribution in [2.45, 2.75) is 26.3 Å². The molecule has 1 aromatic carbocycles. The Balaban J connectivity index is 2.30. The molecule has 1 heterocycles. The highest BCUT2D eigenvalue weighted by Gasteiger charge is 2.14. The molecule has 1 atom stereocenters. The summed E-state index contributed by atoms with van der Waals surface area (Å²) < 4.78 is 0. The number of aryl methyl sites for hydroxylation is 1. The predicted octanol–water partition coefficient (Wildman–Crippen LogP) is 4.80. The van der Waals surface area contributed by atoms with Crippen molar-refractivity contribution in [1.29, 1.82) is 0 Å². The zero-order valence-corrected chi connectivity index (χ0v) is 12.3. The van der Waals surface area contributed by atoms with Gasteiger partial charge in [-0.2, -0.15) is 0 Å². The molecule has 0 aliphatic heterocycles. The van der Waals surface area contributed by atoms with Crippen LogP contribution in [0.3, 0.4) is 0 Å². The maximum absolute atomic E-state index is 6.09. The van der Waals surface area contributed by atoms with Crippen LogP contribution in [0.15, 0.2) is 35.7 Å². The number of thiophene rings is 1. The quantitative estimate of drug-likeness (QED) is 0.829. The summed E-state index contributed by atoms with van der Waals surface area (Å²) in [7, 11) is 0. The van der Waals surface area contributed by atoms with Gasteiger partial charge in [-0.15, -0.1) is 11.3 Å². The monoisotopic (exact) mass is 279 g/mol. The molecule has 3 heteroatoms. The Morgan fingerprint density at radius 1 is 1.28 bits per heavy atom. The van der Waals surface area contributed by atoms with Gasteiger partial charge in [-0.25, -0.2) is 0 Å². The first-order chi connectivity index (χ1) is 8.70. The SMILES string of the molecule is CCCNC(c1cccc(Cl)c1)c1csc(C)c1. The summed E-state index contributed by atoms with van der Waals surface area (Å²) in [4.78, 5) is 1.34. The Hall–Kier alpha value is -0.830. The Labute approximate surface area is 118 Å². The molecular weight excluding hydrogens is 262 g/mol. The van der Waals surface area contributed by atoms with Crippen LogP contribution < -0.4 is 5.32 Å². The van der Waals surface area contributed by atoms with Crippen LogP contribution in [0.25, 0.3) is 0 Å². The van der Waals surface area contributed by atoms with Crippen molar-refractivity contribution in [3.8, 4) is 0 Å². The molecule has 0 fully saturated rings. The van der Waals surface area contributed by atoms with Gasteiger partial charge in [0.15, 0.2) is 0 Å². The zero-order valence-electron chi connectivity index (χ0n) is 10.7. The van der Waals surface area contributed by atoms with Crippen molar-refractivity contribution in [2.75, 3.05) is 6.54 Å². The third-order valence-corrected chi connectivity index (χ3v) is 3.98. The number of rotatable bonds is 5. The highest BCUT2D eigenvalue weighted by molar-refractivity contribution is 7.10. The van der Waals surface area contributed by atoms with E-state index >= 15 is 0 Å². The van der Waals surface area contributed by atoms with E-state index in [4.69, 9.17) is 11.6 Å². The van der Waals surface area contributed by atoms with Crippen LogP contribution in [-0.2, 0) is 0 Å². The van der Waals surface area contributed by atoms with Crippen molar-refractivity contribution in [3.63, 3.8) is 0 Å². The van der Waals surface area contributed by atoms with E-state index < -0.39 is 0 Å². The topological polar surface area (TPSA) is 12.0 Å². The summed E-state index contributed by atoms with van der Waals surface area (Å²) in [6.07, 6.45) is 1.13. The minimum Gasteiger partial charge on any atom is -0.306 e. The lowest BCUT2D eigenvalue weighted by atomic mass is 10.0. The number of halogens is 1. The fourth-order valence-electron chi connectivity index (χ4n) is 2.02. The first-order valence-corrected chi connectivity index (χ1v) is 7.50. The molecule has 0 bridgehead atoms. The second-order valence-electron chi connectivity index (χ2n) is 4.43. The first-order valence-electron chi connectivity index (χ1n) is 6.24. The van der Waals surface area contributed by atoms with Gasteiger partial charge < -0.3 is 5.32 Å². The van der Waals surface area contributed by atoms with Crippen molar-refractivity contribution in [2.24, 2.45) is 0 Å². The summed E-state index contributed by atoms with van der Waals surface area (Å²) in [6, 6.07) is 10.6. The summed E-state index contributed by atoms with van der Waals surface area (Å²) in [5, 5.41) is 6.61. The van der Waals surface area contributed by atoms with Crippen molar-refractivity contribution in [1.82, 2.24) is 5.32 Å². The molecular formula is C15H18ClNS. The van der Waals surface area contributed by atoms with E-state index in [1.165, 1.54) is 16.0 Å². The molecule has 2 rings (SSSR count). The highest BCUT2D eigenvalue weighted by atomic mass is 35.5. The molecule has 18 heavy (non-hydrogen) atoms. The van der Waals surface area contributed by atoms with Gasteiger partial charge >= 0.3 is 0 Å². The maximum atomic E-state index is 6.09. The number of benzene rings is 1. The Kier molecular flexibility index (Phi) is 4.81. The van der Waals surface area contributed by atoms with Crippen LogP contribution >= 0.6 is 22.9 Å². The maximum Gasteiger partial charge on any atom is 0.0585 e. The van der Waals surface area contributed by atoms with Crippen LogP contribution in [0.2, 0.25) is 5.02 Å². The molecule has 1 N–H and O–H groups in total. The largest absolute Gasteiger partial charge is 0.306 e. The molecule has 96 valence electrons. The third kappa shape index (κ3) is 3.35. The van der Waals surface area contributed by atoms with Crippen LogP contribution in [-0.4, -0.2) is 6.54 Å². The molecule has 2 aromatic rings. The highest BCUT2D eigenvalue weighted by Crippen LogP contribution is 2.27. The normalized spacial score (nSPS) is 12.6. The molecule has 0 amide bonds. The van der Waals surface area contributed by atoms with E-state index in [0.29, 0.717) is 0 Å². The molecule has 0 spiro atoms. The fraction of sp³-hybridized carbons (Fsp3) is 0.333. The van der Waals surface area contributed by atoms with Gasteiger partial charge in [0.2, 0.25) is 0 Å². The van der Waals surface area contributed by atoms with Gasteiger partial charge in [0.1, 0.15) is 0 Å². The predicted molar refractivity (Wildman–Crippen MR) is 80.6 cm³/mol. The van der Waals surface area contributed by atoms with Crippen LogP contribution in [0.4, 0.5) is 0 Å². The smallest absolute Gasteiger partial charge is 0.0585 e. The molecule has 0 saturated heterocycles. The molecule has 1 aromatic heterocycles. The van der Waals surface area contributed by atoms with Crippen LogP contribution in [0.1, 0.15) is 35.4 Å². The number of nitrogens with one attached hydrogen (secondary N) is 1. The minimum absolute atomic E-state index is 0.244. The Morgan fingerprint density at radius 3 is 2.72 bits per heavy atom. The lowest BCUT2D eigenvalue weighted by Crippen LogP contribution is -2.22. The van der Waals surface area contributed by atoms with Gasteiger partial charge in [-0.05, 0) is 54.6 Å². The summed E-state index contributed by atoms with van der Waals surface area (Å²) in [5.41, 5.74) is 2.56.